The Morgan fingerprint density at radius 3 is 2.50 bits per heavy atom. The molecule has 4 nitrogen and oxygen atoms in total. The average molecular weight is 259 g/mol. The zero-order valence-electron chi connectivity index (χ0n) is 12.0. The number of ether oxygens (including phenoxy) is 2. The molecule has 2 unspecified atom stereocenters. The highest BCUT2D eigenvalue weighted by molar-refractivity contribution is 4.71. The first kappa shape index (κ1) is 15.9. The van der Waals surface area contributed by atoms with Crippen molar-refractivity contribution >= 4 is 0 Å². The number of rotatable bonds is 8. The molecule has 18 heavy (non-hydrogen) atoms. The second-order valence-corrected chi connectivity index (χ2v) is 5.63. The summed E-state index contributed by atoms with van der Waals surface area (Å²) in [5, 5.41) is 13.0. The summed E-state index contributed by atoms with van der Waals surface area (Å²) in [7, 11) is 1.68. The third kappa shape index (κ3) is 6.69. The van der Waals surface area contributed by atoms with Crippen LogP contribution in [0, 0.1) is 5.92 Å². The van der Waals surface area contributed by atoms with Gasteiger partial charge in [-0.25, -0.2) is 0 Å². The van der Waals surface area contributed by atoms with E-state index in [1.54, 1.807) is 7.11 Å². The molecule has 0 radical (unpaired) electrons. The summed E-state index contributed by atoms with van der Waals surface area (Å²) in [6.45, 7) is 6.00. The zero-order valence-corrected chi connectivity index (χ0v) is 12.0. The molecule has 1 fully saturated rings. The minimum Gasteiger partial charge on any atom is -0.389 e. The van der Waals surface area contributed by atoms with Crippen molar-refractivity contribution in [2.45, 2.75) is 57.8 Å². The topological polar surface area (TPSA) is 50.7 Å². The monoisotopic (exact) mass is 259 g/mol. The van der Waals surface area contributed by atoms with E-state index in [9.17, 15) is 5.11 Å². The van der Waals surface area contributed by atoms with E-state index in [1.807, 2.05) is 6.92 Å². The van der Waals surface area contributed by atoms with E-state index < -0.39 is 6.10 Å². The Morgan fingerprint density at radius 1 is 1.22 bits per heavy atom. The number of aliphatic hydroxyl groups is 1. The van der Waals surface area contributed by atoms with Gasteiger partial charge < -0.3 is 19.9 Å². The summed E-state index contributed by atoms with van der Waals surface area (Å²) in [4.78, 5) is 0. The quantitative estimate of drug-likeness (QED) is 0.695. The van der Waals surface area contributed by atoms with Crippen LogP contribution >= 0.6 is 0 Å². The molecule has 0 aromatic heterocycles. The number of hydrogen-bond donors (Lipinski definition) is 2. The minimum absolute atomic E-state index is 0.264. The predicted molar refractivity (Wildman–Crippen MR) is 72.7 cm³/mol. The normalized spacial score (nSPS) is 28.0. The molecule has 4 heteroatoms. The first-order chi connectivity index (χ1) is 8.61. The van der Waals surface area contributed by atoms with Gasteiger partial charge in [-0.3, -0.25) is 0 Å². The maximum absolute atomic E-state index is 9.82. The molecule has 1 saturated carbocycles. The van der Waals surface area contributed by atoms with Crippen LogP contribution in [-0.4, -0.2) is 50.2 Å². The molecule has 108 valence electrons. The zero-order chi connectivity index (χ0) is 13.4. The lowest BCUT2D eigenvalue weighted by molar-refractivity contribution is -0.0287. The number of methoxy groups -OCH3 is 1. The van der Waals surface area contributed by atoms with Gasteiger partial charge in [0.05, 0.1) is 25.4 Å². The second kappa shape index (κ2) is 8.86. The molecule has 1 aliphatic rings. The molecule has 0 bridgehead atoms. The van der Waals surface area contributed by atoms with Crippen LogP contribution in [0.1, 0.15) is 39.5 Å². The minimum atomic E-state index is -0.427. The predicted octanol–water partition coefficient (Wildman–Crippen LogP) is 1.57. The second-order valence-electron chi connectivity index (χ2n) is 5.63. The fourth-order valence-electron chi connectivity index (χ4n) is 2.35. The maximum Gasteiger partial charge on any atom is 0.0897 e. The molecule has 0 saturated heterocycles. The van der Waals surface area contributed by atoms with Crippen LogP contribution in [0.5, 0.6) is 0 Å². The molecule has 1 aliphatic carbocycles. The highest BCUT2D eigenvalue weighted by Crippen LogP contribution is 2.25. The lowest BCUT2D eigenvalue weighted by atomic mass is 9.89. The lowest BCUT2D eigenvalue weighted by Crippen LogP contribution is -2.38. The summed E-state index contributed by atoms with van der Waals surface area (Å²) in [5.41, 5.74) is 0. The Kier molecular flexibility index (Phi) is 7.82. The van der Waals surface area contributed by atoms with Crippen molar-refractivity contribution in [3.63, 3.8) is 0 Å². The smallest absolute Gasteiger partial charge is 0.0897 e. The van der Waals surface area contributed by atoms with E-state index in [0.717, 1.165) is 18.8 Å². The standard InChI is InChI=1S/C14H29NO3/c1-11-4-6-14(7-5-11)18-10-13(16)8-15-12(2)9-17-3/h11-16H,4-10H2,1-3H3. The van der Waals surface area contributed by atoms with Crippen LogP contribution in [0.25, 0.3) is 0 Å². The molecule has 0 amide bonds. The van der Waals surface area contributed by atoms with Gasteiger partial charge in [0.2, 0.25) is 0 Å². The molecule has 2 atom stereocenters. The third-order valence-electron chi connectivity index (χ3n) is 3.61. The van der Waals surface area contributed by atoms with Gasteiger partial charge in [0.15, 0.2) is 0 Å². The van der Waals surface area contributed by atoms with E-state index in [1.165, 1.54) is 12.8 Å². The molecule has 0 aromatic rings. The van der Waals surface area contributed by atoms with Crippen LogP contribution in [0.3, 0.4) is 0 Å². The summed E-state index contributed by atoms with van der Waals surface area (Å²) < 4.78 is 10.8. The molecule has 2 N–H and O–H groups in total. The summed E-state index contributed by atoms with van der Waals surface area (Å²) in [6.07, 6.45) is 4.72. The van der Waals surface area contributed by atoms with E-state index in [-0.39, 0.29) is 6.04 Å². The van der Waals surface area contributed by atoms with Crippen molar-refractivity contribution in [2.24, 2.45) is 5.92 Å². The highest BCUT2D eigenvalue weighted by Gasteiger charge is 2.19. The van der Waals surface area contributed by atoms with Crippen molar-refractivity contribution in [1.82, 2.24) is 5.32 Å². The largest absolute Gasteiger partial charge is 0.389 e. The third-order valence-corrected chi connectivity index (χ3v) is 3.61. The molecule has 0 spiro atoms. The fraction of sp³-hybridized carbons (Fsp3) is 1.00. The molecular formula is C14H29NO3. The van der Waals surface area contributed by atoms with Crippen molar-refractivity contribution < 1.29 is 14.6 Å². The van der Waals surface area contributed by atoms with Gasteiger partial charge in [0, 0.05) is 19.7 Å². The Bertz CT molecular complexity index is 205. The van der Waals surface area contributed by atoms with Crippen molar-refractivity contribution in [3.05, 3.63) is 0 Å². The Balaban J connectivity index is 2.04. The molecule has 1 rings (SSSR count). The lowest BCUT2D eigenvalue weighted by Gasteiger charge is -2.27. The SMILES string of the molecule is COCC(C)NCC(O)COC1CCC(C)CC1. The first-order valence-electron chi connectivity index (χ1n) is 7.13. The van der Waals surface area contributed by atoms with Gasteiger partial charge in [-0.05, 0) is 38.5 Å². The maximum atomic E-state index is 9.82. The summed E-state index contributed by atoms with van der Waals surface area (Å²) >= 11 is 0. The fourth-order valence-corrected chi connectivity index (χ4v) is 2.35. The Labute approximate surface area is 111 Å². The van der Waals surface area contributed by atoms with E-state index in [0.29, 0.717) is 25.9 Å². The van der Waals surface area contributed by atoms with E-state index in [2.05, 4.69) is 12.2 Å². The number of aliphatic hydroxyl groups excluding tert-OH is 1. The van der Waals surface area contributed by atoms with Gasteiger partial charge in [0.25, 0.3) is 0 Å². The van der Waals surface area contributed by atoms with Crippen molar-refractivity contribution in [3.8, 4) is 0 Å². The van der Waals surface area contributed by atoms with E-state index in [4.69, 9.17) is 9.47 Å². The van der Waals surface area contributed by atoms with Crippen LogP contribution in [0.2, 0.25) is 0 Å². The van der Waals surface area contributed by atoms with Crippen LogP contribution < -0.4 is 5.32 Å². The van der Waals surface area contributed by atoms with Crippen LogP contribution in [0.15, 0.2) is 0 Å². The number of hydrogen-bond acceptors (Lipinski definition) is 4. The Morgan fingerprint density at radius 2 is 1.89 bits per heavy atom. The van der Waals surface area contributed by atoms with Crippen molar-refractivity contribution in [1.29, 1.82) is 0 Å². The van der Waals surface area contributed by atoms with Crippen LogP contribution in [0.4, 0.5) is 0 Å². The Hall–Kier alpha value is -0.160. The van der Waals surface area contributed by atoms with Crippen LogP contribution in [-0.2, 0) is 9.47 Å². The van der Waals surface area contributed by atoms with Gasteiger partial charge in [-0.2, -0.15) is 0 Å². The van der Waals surface area contributed by atoms with Gasteiger partial charge >= 0.3 is 0 Å². The van der Waals surface area contributed by atoms with Gasteiger partial charge in [-0.15, -0.1) is 0 Å². The molecule has 0 aromatic carbocycles. The molecular weight excluding hydrogens is 230 g/mol. The van der Waals surface area contributed by atoms with Gasteiger partial charge in [-0.1, -0.05) is 6.92 Å². The van der Waals surface area contributed by atoms with E-state index >= 15 is 0 Å². The van der Waals surface area contributed by atoms with Crippen molar-refractivity contribution in [2.75, 3.05) is 26.9 Å². The number of nitrogens with one attached hydrogen (secondary N) is 1. The average Bonchev–Trinajstić information content (AvgIpc) is 2.36. The van der Waals surface area contributed by atoms with Gasteiger partial charge in [0.1, 0.15) is 0 Å². The molecule has 0 heterocycles. The summed E-state index contributed by atoms with van der Waals surface area (Å²) in [6, 6.07) is 0.264. The summed E-state index contributed by atoms with van der Waals surface area (Å²) in [5.74, 6) is 0.839. The highest BCUT2D eigenvalue weighted by atomic mass is 16.5. The molecule has 0 aliphatic heterocycles. The first-order valence-corrected chi connectivity index (χ1v) is 7.13.